The van der Waals surface area contributed by atoms with Crippen molar-refractivity contribution in [2.24, 2.45) is 0 Å². The second kappa shape index (κ2) is 8.77. The summed E-state index contributed by atoms with van der Waals surface area (Å²) in [4.78, 5) is 1.54. The standard InChI is InChI=1S/C10H8O6S2.C7H3ClF3N2/c11-17(12,13)9-5-1-3-7-8(9)4-2-6-10(7)18(14,15)16;8-4-1-2-6(13-12)5(3-4)7(9,10)11/h1-6H,(H,11,12,13)(H,14,15,16);1-3H/q;+1/p-1. The molecule has 0 aliphatic heterocycles. The van der Waals surface area contributed by atoms with Crippen LogP contribution in [0.15, 0.2) is 64.4 Å². The third kappa shape index (κ3) is 5.90. The summed E-state index contributed by atoms with van der Waals surface area (Å²) in [6.45, 7) is 0. The molecule has 3 aromatic rings. The molecule has 0 fully saturated rings. The average molecular weight is 495 g/mol. The highest BCUT2D eigenvalue weighted by atomic mass is 35.5. The fraction of sp³-hybridized carbons (Fsp3) is 0.0588. The van der Waals surface area contributed by atoms with Crippen molar-refractivity contribution >= 4 is 48.3 Å². The molecule has 0 saturated heterocycles. The van der Waals surface area contributed by atoms with Crippen LogP contribution < -0.4 is 0 Å². The van der Waals surface area contributed by atoms with Gasteiger partial charge in [0.25, 0.3) is 10.1 Å². The number of alkyl halides is 3. The fourth-order valence-electron chi connectivity index (χ4n) is 2.52. The van der Waals surface area contributed by atoms with Gasteiger partial charge in [-0.1, -0.05) is 35.9 Å². The van der Waals surface area contributed by atoms with Gasteiger partial charge in [0.15, 0.2) is 10.5 Å². The van der Waals surface area contributed by atoms with Crippen LogP contribution in [0.2, 0.25) is 5.02 Å². The van der Waals surface area contributed by atoms with Gasteiger partial charge in [-0.05, 0) is 24.3 Å². The Hall–Kier alpha value is -2.76. The highest BCUT2D eigenvalue weighted by molar-refractivity contribution is 7.86. The summed E-state index contributed by atoms with van der Waals surface area (Å²) in [6.07, 6.45) is -4.56. The molecule has 0 aliphatic carbocycles. The molecule has 0 amide bonds. The zero-order chi connectivity index (χ0) is 23.6. The van der Waals surface area contributed by atoms with Gasteiger partial charge in [0.2, 0.25) is 5.39 Å². The lowest BCUT2D eigenvalue weighted by molar-refractivity contribution is -0.136. The Kier molecular flexibility index (Phi) is 6.94. The highest BCUT2D eigenvalue weighted by Gasteiger charge is 2.39. The van der Waals surface area contributed by atoms with Gasteiger partial charge in [-0.15, -0.1) is 0 Å². The van der Waals surface area contributed by atoms with Crippen molar-refractivity contribution in [3.63, 3.8) is 0 Å². The molecule has 0 unspecified atom stereocenters. The molecule has 0 atom stereocenters. The first-order valence-corrected chi connectivity index (χ1v) is 11.1. The lowest BCUT2D eigenvalue weighted by Gasteiger charge is -2.11. The number of benzene rings is 3. The lowest BCUT2D eigenvalue weighted by Crippen LogP contribution is -2.04. The molecule has 0 radical (unpaired) electrons. The third-order valence-corrected chi connectivity index (χ3v) is 5.80. The van der Waals surface area contributed by atoms with Gasteiger partial charge in [-0.2, -0.15) is 21.6 Å². The maximum absolute atomic E-state index is 12.2. The number of fused-ring (bicyclic) bond motifs is 1. The quantitative estimate of drug-likeness (QED) is 0.397. The predicted molar refractivity (Wildman–Crippen MR) is 103 cm³/mol. The van der Waals surface area contributed by atoms with Gasteiger partial charge in [-0.25, -0.2) is 8.42 Å². The summed E-state index contributed by atoms with van der Waals surface area (Å²) in [5.41, 5.74) is -1.60. The van der Waals surface area contributed by atoms with Crippen LogP contribution in [0.25, 0.3) is 15.7 Å². The summed E-state index contributed by atoms with van der Waals surface area (Å²) in [6, 6.07) is 10.2. The monoisotopic (exact) mass is 494 g/mol. The van der Waals surface area contributed by atoms with Gasteiger partial charge in [0.1, 0.15) is 15.0 Å². The molecular formula is C17H10ClF3N2O6S2. The Morgan fingerprint density at radius 3 is 1.90 bits per heavy atom. The minimum absolute atomic E-state index is 0.0167. The Labute approximate surface area is 179 Å². The second-order valence-corrected chi connectivity index (χ2v) is 8.97. The molecule has 0 aromatic heterocycles. The van der Waals surface area contributed by atoms with E-state index in [4.69, 9.17) is 21.5 Å². The summed E-state index contributed by atoms with van der Waals surface area (Å²) < 4.78 is 101. The SMILES string of the molecule is N#[N+]c1ccc(Cl)cc1C(F)(F)F.O=S(=O)([O-])c1cccc2c(S(=O)(=O)O)cccc12. The molecule has 8 nitrogen and oxygen atoms in total. The maximum Gasteiger partial charge on any atom is 0.424 e. The number of hydrogen-bond acceptors (Lipinski definition) is 6. The van der Waals surface area contributed by atoms with Crippen LogP contribution in [0.3, 0.4) is 0 Å². The Morgan fingerprint density at radius 2 is 1.45 bits per heavy atom. The van der Waals surface area contributed by atoms with E-state index in [1.165, 1.54) is 30.3 Å². The van der Waals surface area contributed by atoms with Crippen molar-refractivity contribution in [1.82, 2.24) is 0 Å². The minimum Gasteiger partial charge on any atom is -0.744 e. The van der Waals surface area contributed by atoms with Crippen LogP contribution in [0, 0.1) is 5.39 Å². The van der Waals surface area contributed by atoms with Crippen LogP contribution in [0.1, 0.15) is 5.56 Å². The number of hydrogen-bond donors (Lipinski definition) is 1. The van der Waals surface area contributed by atoms with Gasteiger partial charge < -0.3 is 4.55 Å². The van der Waals surface area contributed by atoms with Crippen LogP contribution in [-0.2, 0) is 26.4 Å². The van der Waals surface area contributed by atoms with E-state index in [-0.39, 0.29) is 15.8 Å². The highest BCUT2D eigenvalue weighted by Crippen LogP contribution is 2.37. The summed E-state index contributed by atoms with van der Waals surface area (Å²) in [5.74, 6) is 0. The number of halogens is 4. The van der Waals surface area contributed by atoms with Crippen molar-refractivity contribution in [3.8, 4) is 0 Å². The van der Waals surface area contributed by atoms with Gasteiger partial charge in [0, 0.05) is 21.9 Å². The second-order valence-electron chi connectivity index (χ2n) is 5.80. The Bertz CT molecular complexity index is 1330. The molecule has 0 aliphatic rings. The fourth-order valence-corrected chi connectivity index (χ4v) is 4.09. The average Bonchev–Trinajstić information content (AvgIpc) is 2.65. The number of nitrogens with zero attached hydrogens (tertiary/aromatic N) is 2. The first-order chi connectivity index (χ1) is 14.2. The van der Waals surface area contributed by atoms with Crippen molar-refractivity contribution < 1.29 is 39.1 Å². The van der Waals surface area contributed by atoms with Gasteiger partial charge in [0.05, 0.1) is 4.90 Å². The molecule has 3 rings (SSSR count). The topological polar surface area (TPSA) is 140 Å². The lowest BCUT2D eigenvalue weighted by atomic mass is 10.1. The molecule has 31 heavy (non-hydrogen) atoms. The molecular weight excluding hydrogens is 485 g/mol. The normalized spacial score (nSPS) is 12.0. The molecule has 1 N–H and O–H groups in total. The van der Waals surface area contributed by atoms with E-state index >= 15 is 0 Å². The summed E-state index contributed by atoms with van der Waals surface area (Å²) >= 11 is 5.36. The summed E-state index contributed by atoms with van der Waals surface area (Å²) in [5, 5.41) is 8.14. The van der Waals surface area contributed by atoms with Crippen molar-refractivity contribution in [3.05, 3.63) is 70.2 Å². The first-order valence-electron chi connectivity index (χ1n) is 7.83. The Balaban J connectivity index is 0.000000233. The minimum atomic E-state index is -4.72. The van der Waals surface area contributed by atoms with E-state index < -0.39 is 47.5 Å². The largest absolute Gasteiger partial charge is 0.744 e. The van der Waals surface area contributed by atoms with E-state index in [2.05, 4.69) is 4.98 Å². The zero-order valence-electron chi connectivity index (χ0n) is 14.9. The van der Waals surface area contributed by atoms with Crippen molar-refractivity contribution in [1.29, 1.82) is 5.39 Å². The van der Waals surface area contributed by atoms with E-state index in [1.54, 1.807) is 0 Å². The van der Waals surface area contributed by atoms with E-state index in [0.717, 1.165) is 18.2 Å². The van der Waals surface area contributed by atoms with E-state index in [0.29, 0.717) is 6.07 Å². The predicted octanol–water partition coefficient (Wildman–Crippen LogP) is 4.83. The molecule has 0 heterocycles. The molecule has 0 spiro atoms. The van der Waals surface area contributed by atoms with E-state index in [1.807, 2.05) is 0 Å². The van der Waals surface area contributed by atoms with Gasteiger partial charge in [-0.3, -0.25) is 4.55 Å². The smallest absolute Gasteiger partial charge is 0.424 e. The van der Waals surface area contributed by atoms with Crippen LogP contribution in [0.4, 0.5) is 18.9 Å². The number of rotatable bonds is 2. The molecule has 3 aromatic carbocycles. The summed E-state index contributed by atoms with van der Waals surface area (Å²) in [7, 11) is -9.21. The molecule has 164 valence electrons. The van der Waals surface area contributed by atoms with Crippen LogP contribution in [-0.4, -0.2) is 25.9 Å². The Morgan fingerprint density at radius 1 is 0.935 bits per heavy atom. The molecule has 0 bridgehead atoms. The maximum atomic E-state index is 12.2. The zero-order valence-corrected chi connectivity index (χ0v) is 17.3. The van der Waals surface area contributed by atoms with Crippen LogP contribution in [0.5, 0.6) is 0 Å². The molecule has 14 heteroatoms. The molecule has 0 saturated carbocycles. The van der Waals surface area contributed by atoms with E-state index in [9.17, 15) is 34.6 Å². The number of diazo groups is 1. The van der Waals surface area contributed by atoms with Crippen molar-refractivity contribution in [2.75, 3.05) is 0 Å². The third-order valence-electron chi connectivity index (χ3n) is 3.76. The van der Waals surface area contributed by atoms with Gasteiger partial charge >= 0.3 is 11.9 Å². The van der Waals surface area contributed by atoms with Crippen LogP contribution >= 0.6 is 11.6 Å². The van der Waals surface area contributed by atoms with Crippen molar-refractivity contribution in [2.45, 2.75) is 16.0 Å². The first kappa shape index (κ1) is 24.5.